The molecule has 0 saturated carbocycles. The van der Waals surface area contributed by atoms with Crippen molar-refractivity contribution in [3.8, 4) is 5.75 Å². The van der Waals surface area contributed by atoms with Gasteiger partial charge in [-0.15, -0.1) is 0 Å². The highest BCUT2D eigenvalue weighted by Gasteiger charge is 2.08. The molecule has 0 bridgehead atoms. The summed E-state index contributed by atoms with van der Waals surface area (Å²) < 4.78 is 6.61. The SMILES string of the molecule is CCn1ncc(OCCCBr)c(Cl)c1=O. The average Bonchev–Trinajstić information content (AvgIpc) is 2.25. The number of halogens is 2. The van der Waals surface area contributed by atoms with Crippen molar-refractivity contribution >= 4 is 27.5 Å². The number of alkyl halides is 1. The van der Waals surface area contributed by atoms with Gasteiger partial charge < -0.3 is 4.74 Å². The molecule has 0 atom stereocenters. The zero-order chi connectivity index (χ0) is 11.3. The molecule has 84 valence electrons. The highest BCUT2D eigenvalue weighted by atomic mass is 79.9. The highest BCUT2D eigenvalue weighted by molar-refractivity contribution is 9.09. The molecule has 0 aliphatic carbocycles. The minimum Gasteiger partial charge on any atom is -0.490 e. The van der Waals surface area contributed by atoms with E-state index in [-0.39, 0.29) is 10.6 Å². The lowest BCUT2D eigenvalue weighted by atomic mass is 10.5. The van der Waals surface area contributed by atoms with Crippen LogP contribution >= 0.6 is 27.5 Å². The van der Waals surface area contributed by atoms with Gasteiger partial charge in [-0.05, 0) is 13.3 Å². The molecule has 0 N–H and O–H groups in total. The van der Waals surface area contributed by atoms with Gasteiger partial charge in [-0.2, -0.15) is 5.10 Å². The molecule has 15 heavy (non-hydrogen) atoms. The first kappa shape index (κ1) is 12.5. The van der Waals surface area contributed by atoms with E-state index in [0.717, 1.165) is 11.8 Å². The van der Waals surface area contributed by atoms with Crippen molar-refractivity contribution in [2.75, 3.05) is 11.9 Å². The molecular formula is C9H12BrClN2O2. The highest BCUT2D eigenvalue weighted by Crippen LogP contribution is 2.18. The first-order chi connectivity index (χ1) is 7.20. The minimum atomic E-state index is -0.310. The fourth-order valence-corrected chi connectivity index (χ4v) is 1.44. The molecule has 1 rings (SSSR count). The standard InChI is InChI=1S/C9H12BrClN2O2/c1-2-13-9(14)8(11)7(6-12-13)15-5-3-4-10/h6H,2-5H2,1H3. The lowest BCUT2D eigenvalue weighted by Gasteiger charge is -2.07. The molecule has 0 radical (unpaired) electrons. The van der Waals surface area contributed by atoms with E-state index in [4.69, 9.17) is 16.3 Å². The minimum absolute atomic E-state index is 0.0985. The Labute approximate surface area is 101 Å². The van der Waals surface area contributed by atoms with Gasteiger partial charge in [0.05, 0.1) is 12.8 Å². The van der Waals surface area contributed by atoms with Crippen LogP contribution in [0.3, 0.4) is 0 Å². The van der Waals surface area contributed by atoms with Crippen LogP contribution in [0.1, 0.15) is 13.3 Å². The summed E-state index contributed by atoms with van der Waals surface area (Å²) in [6, 6.07) is 0. The Kier molecular flexibility index (Phi) is 5.11. The Balaban J connectivity index is 2.82. The van der Waals surface area contributed by atoms with E-state index in [1.54, 1.807) is 0 Å². The topological polar surface area (TPSA) is 44.1 Å². The van der Waals surface area contributed by atoms with E-state index in [9.17, 15) is 4.79 Å². The van der Waals surface area contributed by atoms with Gasteiger partial charge >= 0.3 is 0 Å². The Morgan fingerprint density at radius 3 is 3.00 bits per heavy atom. The fourth-order valence-electron chi connectivity index (χ4n) is 1.01. The zero-order valence-electron chi connectivity index (χ0n) is 8.37. The quantitative estimate of drug-likeness (QED) is 0.617. The van der Waals surface area contributed by atoms with E-state index < -0.39 is 0 Å². The van der Waals surface area contributed by atoms with E-state index in [1.165, 1.54) is 10.9 Å². The third-order valence-corrected chi connectivity index (χ3v) is 2.70. The van der Waals surface area contributed by atoms with Crippen LogP contribution in [0, 0.1) is 0 Å². The maximum atomic E-state index is 11.5. The van der Waals surface area contributed by atoms with Gasteiger partial charge in [-0.25, -0.2) is 4.68 Å². The molecular weight excluding hydrogens is 283 g/mol. The van der Waals surface area contributed by atoms with E-state index >= 15 is 0 Å². The summed E-state index contributed by atoms with van der Waals surface area (Å²) in [6.07, 6.45) is 2.33. The lowest BCUT2D eigenvalue weighted by Crippen LogP contribution is -2.22. The maximum absolute atomic E-state index is 11.5. The third-order valence-electron chi connectivity index (χ3n) is 1.79. The number of rotatable bonds is 5. The van der Waals surface area contributed by atoms with Gasteiger partial charge in [0.2, 0.25) is 0 Å². The number of aromatic nitrogens is 2. The Hall–Kier alpha value is -0.550. The molecule has 0 unspecified atom stereocenters. The first-order valence-corrected chi connectivity index (χ1v) is 6.15. The van der Waals surface area contributed by atoms with Crippen molar-refractivity contribution in [3.05, 3.63) is 21.6 Å². The largest absolute Gasteiger partial charge is 0.490 e. The van der Waals surface area contributed by atoms with Gasteiger partial charge in [0.15, 0.2) is 10.8 Å². The van der Waals surface area contributed by atoms with Crippen LogP contribution in [0.2, 0.25) is 5.02 Å². The lowest BCUT2D eigenvalue weighted by molar-refractivity contribution is 0.315. The summed E-state index contributed by atoms with van der Waals surface area (Å²) >= 11 is 9.13. The summed E-state index contributed by atoms with van der Waals surface area (Å²) in [5.74, 6) is 0.354. The summed E-state index contributed by atoms with van der Waals surface area (Å²) in [6.45, 7) is 2.85. The van der Waals surface area contributed by atoms with Crippen LogP contribution in [0.4, 0.5) is 0 Å². The van der Waals surface area contributed by atoms with Crippen molar-refractivity contribution in [2.24, 2.45) is 0 Å². The number of nitrogens with zero attached hydrogens (tertiary/aromatic N) is 2. The van der Waals surface area contributed by atoms with Crippen LogP contribution in [0.5, 0.6) is 5.75 Å². The summed E-state index contributed by atoms with van der Waals surface area (Å²) in [7, 11) is 0. The molecule has 6 heteroatoms. The summed E-state index contributed by atoms with van der Waals surface area (Å²) in [4.78, 5) is 11.5. The van der Waals surface area contributed by atoms with E-state index in [2.05, 4.69) is 21.0 Å². The van der Waals surface area contributed by atoms with Crippen LogP contribution in [-0.2, 0) is 6.54 Å². The van der Waals surface area contributed by atoms with Crippen molar-refractivity contribution < 1.29 is 4.74 Å². The molecule has 1 aromatic heterocycles. The monoisotopic (exact) mass is 294 g/mol. The smallest absolute Gasteiger partial charge is 0.289 e. The molecule has 0 amide bonds. The second kappa shape index (κ2) is 6.12. The number of ether oxygens (including phenoxy) is 1. The van der Waals surface area contributed by atoms with Gasteiger partial charge in [0.25, 0.3) is 5.56 Å². The molecule has 0 aromatic carbocycles. The van der Waals surface area contributed by atoms with Gasteiger partial charge in [-0.3, -0.25) is 4.79 Å². The molecule has 4 nitrogen and oxygen atoms in total. The third kappa shape index (κ3) is 3.21. The summed E-state index contributed by atoms with van der Waals surface area (Å²) in [5.41, 5.74) is -0.310. The van der Waals surface area contributed by atoms with Gasteiger partial charge in [0, 0.05) is 11.9 Å². The molecule has 0 saturated heterocycles. The van der Waals surface area contributed by atoms with Crippen molar-refractivity contribution in [2.45, 2.75) is 19.9 Å². The Morgan fingerprint density at radius 1 is 1.67 bits per heavy atom. The normalized spacial score (nSPS) is 10.3. The van der Waals surface area contributed by atoms with Crippen molar-refractivity contribution in [1.29, 1.82) is 0 Å². The van der Waals surface area contributed by atoms with Crippen LogP contribution in [-0.4, -0.2) is 21.7 Å². The molecule has 0 fully saturated rings. The van der Waals surface area contributed by atoms with Crippen LogP contribution in [0.25, 0.3) is 0 Å². The molecule has 1 aromatic rings. The second-order valence-corrected chi connectivity index (χ2v) is 4.01. The predicted molar refractivity (Wildman–Crippen MR) is 63.1 cm³/mol. The number of aryl methyl sites for hydroxylation is 1. The molecule has 0 aliphatic heterocycles. The van der Waals surface area contributed by atoms with E-state index in [0.29, 0.717) is 18.9 Å². The second-order valence-electron chi connectivity index (χ2n) is 2.83. The van der Waals surface area contributed by atoms with Gasteiger partial charge in [0.1, 0.15) is 0 Å². The number of hydrogen-bond acceptors (Lipinski definition) is 3. The summed E-state index contributed by atoms with van der Waals surface area (Å²) in [5, 5.41) is 4.87. The van der Waals surface area contributed by atoms with Crippen LogP contribution < -0.4 is 10.3 Å². The van der Waals surface area contributed by atoms with Crippen LogP contribution in [0.15, 0.2) is 11.0 Å². The predicted octanol–water partition coefficient (Wildman–Crippen LogP) is 2.08. The fraction of sp³-hybridized carbons (Fsp3) is 0.556. The Bertz CT molecular complexity index is 381. The first-order valence-electron chi connectivity index (χ1n) is 4.65. The maximum Gasteiger partial charge on any atom is 0.289 e. The average molecular weight is 296 g/mol. The number of hydrogen-bond donors (Lipinski definition) is 0. The van der Waals surface area contributed by atoms with Gasteiger partial charge in [-0.1, -0.05) is 27.5 Å². The van der Waals surface area contributed by atoms with E-state index in [1.807, 2.05) is 6.92 Å². The molecule has 0 aliphatic rings. The Morgan fingerprint density at radius 2 is 2.40 bits per heavy atom. The van der Waals surface area contributed by atoms with Crippen molar-refractivity contribution in [1.82, 2.24) is 9.78 Å². The molecule has 1 heterocycles. The zero-order valence-corrected chi connectivity index (χ0v) is 10.7. The molecule has 0 spiro atoms. The van der Waals surface area contributed by atoms with Crippen molar-refractivity contribution in [3.63, 3.8) is 0 Å².